The Morgan fingerprint density at radius 3 is 2.50 bits per heavy atom. The minimum absolute atomic E-state index is 0.101. The summed E-state index contributed by atoms with van der Waals surface area (Å²) in [7, 11) is 0. The van der Waals surface area contributed by atoms with Gasteiger partial charge in [0.15, 0.2) is 0 Å². The van der Waals surface area contributed by atoms with Gasteiger partial charge in [-0.25, -0.2) is 0 Å². The second-order valence-corrected chi connectivity index (χ2v) is 5.30. The summed E-state index contributed by atoms with van der Waals surface area (Å²) in [4.78, 5) is 12.6. The molecule has 0 aliphatic rings. The normalized spacial score (nSPS) is 11.9. The van der Waals surface area contributed by atoms with E-state index < -0.39 is 5.54 Å². The fourth-order valence-corrected chi connectivity index (χ4v) is 2.19. The molecule has 6 nitrogen and oxygen atoms in total. The first-order valence-corrected chi connectivity index (χ1v) is 6.63. The number of rotatable bonds is 6. The minimum atomic E-state index is -0.991. The zero-order valence-electron chi connectivity index (χ0n) is 10.8. The Bertz CT molecular complexity index is 394. The van der Waals surface area contributed by atoms with Crippen LogP contribution in [0.4, 0.5) is 0 Å². The number of hydrogen-bond acceptors (Lipinski definition) is 6. The minimum Gasteiger partial charge on any atom is -0.394 e. The van der Waals surface area contributed by atoms with Gasteiger partial charge in [0.1, 0.15) is 4.88 Å². The third-order valence-electron chi connectivity index (χ3n) is 2.93. The number of nitrogens with zero attached hydrogens (tertiary/aromatic N) is 2. The summed E-state index contributed by atoms with van der Waals surface area (Å²) in [5.41, 5.74) is -0.353. The lowest BCUT2D eigenvalue weighted by atomic mass is 9.98. The van der Waals surface area contributed by atoms with Crippen LogP contribution in [-0.2, 0) is 0 Å². The van der Waals surface area contributed by atoms with Crippen LogP contribution in [-0.4, -0.2) is 44.5 Å². The first-order valence-electron chi connectivity index (χ1n) is 5.86. The Kier molecular flexibility index (Phi) is 5.18. The summed E-state index contributed by atoms with van der Waals surface area (Å²) in [5.74, 6) is -0.248. The van der Waals surface area contributed by atoms with Gasteiger partial charge in [0.2, 0.25) is 0 Å². The highest BCUT2D eigenvalue weighted by Gasteiger charge is 2.31. The van der Waals surface area contributed by atoms with Gasteiger partial charge in [-0.2, -0.15) is 0 Å². The summed E-state index contributed by atoms with van der Waals surface area (Å²) < 4.78 is 3.78. The maximum Gasteiger partial charge on any atom is 0.265 e. The number of aliphatic hydroxyl groups is 2. The summed E-state index contributed by atoms with van der Waals surface area (Å²) in [6, 6.07) is 0. The fraction of sp³-hybridized carbons (Fsp3) is 0.727. The molecule has 0 radical (unpaired) electrons. The van der Waals surface area contributed by atoms with Gasteiger partial charge in [0.25, 0.3) is 5.91 Å². The number of carbonyl (C=O) groups excluding carboxylic acids is 1. The third kappa shape index (κ3) is 3.04. The van der Waals surface area contributed by atoms with E-state index >= 15 is 0 Å². The van der Waals surface area contributed by atoms with E-state index in [9.17, 15) is 15.0 Å². The Labute approximate surface area is 110 Å². The van der Waals surface area contributed by atoms with E-state index in [4.69, 9.17) is 0 Å². The summed E-state index contributed by atoms with van der Waals surface area (Å²) in [6.45, 7) is 5.03. The van der Waals surface area contributed by atoms with Crippen molar-refractivity contribution in [3.63, 3.8) is 0 Å². The second-order valence-electron chi connectivity index (χ2n) is 4.55. The van der Waals surface area contributed by atoms with Gasteiger partial charge in [0.05, 0.1) is 24.4 Å². The molecule has 1 rings (SSSR count). The Morgan fingerprint density at radius 1 is 1.44 bits per heavy atom. The molecule has 0 saturated heterocycles. The van der Waals surface area contributed by atoms with Crippen molar-refractivity contribution in [3.8, 4) is 0 Å². The zero-order chi connectivity index (χ0) is 13.8. The van der Waals surface area contributed by atoms with Crippen molar-refractivity contribution in [1.82, 2.24) is 14.9 Å². The van der Waals surface area contributed by atoms with Crippen molar-refractivity contribution >= 4 is 17.4 Å². The van der Waals surface area contributed by atoms with Gasteiger partial charge in [-0.1, -0.05) is 25.3 Å². The van der Waals surface area contributed by atoms with E-state index in [1.54, 1.807) is 6.92 Å². The van der Waals surface area contributed by atoms with Crippen LogP contribution in [0.3, 0.4) is 0 Å². The largest absolute Gasteiger partial charge is 0.394 e. The highest BCUT2D eigenvalue weighted by molar-refractivity contribution is 7.08. The van der Waals surface area contributed by atoms with Gasteiger partial charge in [-0.15, -0.1) is 5.10 Å². The Hall–Kier alpha value is -1.05. The number of hydrogen-bond donors (Lipinski definition) is 3. The molecular weight excluding hydrogens is 254 g/mol. The van der Waals surface area contributed by atoms with E-state index in [0.717, 1.165) is 11.5 Å². The molecule has 0 aliphatic heterocycles. The molecule has 1 amide bonds. The summed E-state index contributed by atoms with van der Waals surface area (Å²) >= 11 is 1.02. The van der Waals surface area contributed by atoms with Gasteiger partial charge in [0, 0.05) is 0 Å². The van der Waals surface area contributed by atoms with E-state index in [1.165, 1.54) is 0 Å². The van der Waals surface area contributed by atoms with Gasteiger partial charge in [-0.3, -0.25) is 4.79 Å². The number of amides is 1. The molecule has 0 fully saturated rings. The number of nitrogens with one attached hydrogen (secondary N) is 1. The second kappa shape index (κ2) is 6.21. The molecule has 0 bridgehead atoms. The maximum absolute atomic E-state index is 12.1. The average molecular weight is 273 g/mol. The average Bonchev–Trinajstić information content (AvgIpc) is 2.85. The quantitative estimate of drug-likeness (QED) is 0.702. The van der Waals surface area contributed by atoms with Crippen LogP contribution < -0.4 is 5.32 Å². The highest BCUT2D eigenvalue weighted by Crippen LogP contribution is 2.20. The van der Waals surface area contributed by atoms with Crippen molar-refractivity contribution in [2.24, 2.45) is 0 Å². The van der Waals surface area contributed by atoms with Crippen LogP contribution >= 0.6 is 11.5 Å². The van der Waals surface area contributed by atoms with E-state index in [0.29, 0.717) is 17.0 Å². The van der Waals surface area contributed by atoms with Crippen LogP contribution in [0.25, 0.3) is 0 Å². The molecule has 102 valence electrons. The van der Waals surface area contributed by atoms with Crippen molar-refractivity contribution in [3.05, 3.63) is 10.6 Å². The first kappa shape index (κ1) is 15.0. The predicted octanol–water partition coefficient (Wildman–Crippen LogP) is 0.525. The molecule has 1 heterocycles. The SMILES string of the molecule is CCC(CO)(CO)NC(=O)c1snnc1C(C)C. The molecule has 0 atom stereocenters. The van der Waals surface area contributed by atoms with E-state index in [2.05, 4.69) is 14.9 Å². The molecule has 0 unspecified atom stereocenters. The van der Waals surface area contributed by atoms with E-state index in [1.807, 2.05) is 13.8 Å². The monoisotopic (exact) mass is 273 g/mol. The van der Waals surface area contributed by atoms with Crippen molar-refractivity contribution in [2.75, 3.05) is 13.2 Å². The Morgan fingerprint density at radius 2 is 2.06 bits per heavy atom. The molecule has 0 spiro atoms. The number of aromatic nitrogens is 2. The van der Waals surface area contributed by atoms with Gasteiger partial charge in [-0.05, 0) is 23.9 Å². The lowest BCUT2D eigenvalue weighted by molar-refractivity contribution is 0.0655. The molecule has 0 aliphatic carbocycles. The van der Waals surface area contributed by atoms with Gasteiger partial charge >= 0.3 is 0 Å². The van der Waals surface area contributed by atoms with Crippen molar-refractivity contribution in [2.45, 2.75) is 38.6 Å². The van der Waals surface area contributed by atoms with Crippen LogP contribution in [0.15, 0.2) is 0 Å². The zero-order valence-corrected chi connectivity index (χ0v) is 11.6. The van der Waals surface area contributed by atoms with Crippen LogP contribution in [0.5, 0.6) is 0 Å². The van der Waals surface area contributed by atoms with Crippen molar-refractivity contribution in [1.29, 1.82) is 0 Å². The topological polar surface area (TPSA) is 95.3 Å². The molecule has 1 aromatic rings. The number of carbonyl (C=O) groups is 1. The molecule has 18 heavy (non-hydrogen) atoms. The van der Waals surface area contributed by atoms with Gasteiger partial charge < -0.3 is 15.5 Å². The predicted molar refractivity (Wildman–Crippen MR) is 68.7 cm³/mol. The lowest BCUT2D eigenvalue weighted by Gasteiger charge is -2.29. The molecule has 0 aromatic carbocycles. The van der Waals surface area contributed by atoms with E-state index in [-0.39, 0.29) is 25.0 Å². The maximum atomic E-state index is 12.1. The Balaban J connectivity index is 2.91. The molecule has 0 saturated carbocycles. The standard InChI is InChI=1S/C11H19N3O3S/c1-4-11(5-15,6-16)12-10(17)9-8(7(2)3)13-14-18-9/h7,15-16H,4-6H2,1-3H3,(H,12,17). The third-order valence-corrected chi connectivity index (χ3v) is 3.67. The first-order chi connectivity index (χ1) is 8.49. The van der Waals surface area contributed by atoms with Crippen LogP contribution in [0.1, 0.15) is 48.5 Å². The van der Waals surface area contributed by atoms with Crippen molar-refractivity contribution < 1.29 is 15.0 Å². The molecule has 7 heteroatoms. The van der Waals surface area contributed by atoms with Crippen LogP contribution in [0.2, 0.25) is 0 Å². The fourth-order valence-electron chi connectivity index (χ4n) is 1.47. The van der Waals surface area contributed by atoms with Crippen LogP contribution in [0, 0.1) is 0 Å². The lowest BCUT2D eigenvalue weighted by Crippen LogP contribution is -2.53. The number of aliphatic hydroxyl groups excluding tert-OH is 2. The molecule has 3 N–H and O–H groups in total. The summed E-state index contributed by atoms with van der Waals surface area (Å²) in [6.07, 6.45) is 0.439. The smallest absolute Gasteiger partial charge is 0.265 e. The summed E-state index contributed by atoms with van der Waals surface area (Å²) in [5, 5.41) is 25.2. The highest BCUT2D eigenvalue weighted by atomic mass is 32.1. The molecular formula is C11H19N3O3S. The molecule has 1 aromatic heterocycles.